The van der Waals surface area contributed by atoms with Crippen LogP contribution >= 0.6 is 0 Å². The Morgan fingerprint density at radius 1 is 1.14 bits per heavy atom. The molecule has 10 heteroatoms. The fourth-order valence-electron chi connectivity index (χ4n) is 5.29. The lowest BCUT2D eigenvalue weighted by Crippen LogP contribution is -2.40. The number of fused-ring (bicyclic) bond motifs is 1. The van der Waals surface area contributed by atoms with Crippen molar-refractivity contribution in [1.82, 2.24) is 19.0 Å². The molecule has 3 rings (SSSR count). The standard InChI is InChI=1S/C26H44N4O5S/c1-20-15-24(34-6)17-22-9-10-30(36(32,33)26(20)22)13-14-35-19-25(31)29(5)18-21-7-8-23(16-21)28(4)12-11-27(2)3/h15,17,21,23H,7-14,16,18-19H2,1-6H3/t21-,23-/m0/s1. The molecule has 0 aromatic heterocycles. The lowest BCUT2D eigenvalue weighted by Gasteiger charge is -2.29. The van der Waals surface area contributed by atoms with E-state index in [1.807, 2.05) is 7.05 Å². The second-order valence-corrected chi connectivity index (χ2v) is 12.4. The van der Waals surface area contributed by atoms with Gasteiger partial charge in [0.1, 0.15) is 12.4 Å². The highest BCUT2D eigenvalue weighted by Crippen LogP contribution is 2.32. The summed E-state index contributed by atoms with van der Waals surface area (Å²) in [5.41, 5.74) is 1.48. The molecule has 0 N–H and O–H groups in total. The van der Waals surface area contributed by atoms with Crippen LogP contribution in [0.1, 0.15) is 30.4 Å². The molecule has 1 heterocycles. The first-order chi connectivity index (χ1) is 17.0. The van der Waals surface area contributed by atoms with Crippen molar-refractivity contribution in [2.45, 2.75) is 43.5 Å². The molecule has 1 aliphatic heterocycles. The van der Waals surface area contributed by atoms with Crippen LogP contribution in [-0.2, 0) is 26.0 Å². The van der Waals surface area contributed by atoms with Crippen molar-refractivity contribution >= 4 is 15.9 Å². The second-order valence-electron chi connectivity index (χ2n) is 10.5. The van der Waals surface area contributed by atoms with Gasteiger partial charge < -0.3 is 24.2 Å². The number of amides is 1. The zero-order chi connectivity index (χ0) is 26.5. The summed E-state index contributed by atoms with van der Waals surface area (Å²) in [5, 5.41) is 0. The monoisotopic (exact) mass is 524 g/mol. The number of carbonyl (C=O) groups excluding carboxylic acids is 1. The number of sulfonamides is 1. The zero-order valence-corrected chi connectivity index (χ0v) is 23.6. The molecule has 204 valence electrons. The van der Waals surface area contributed by atoms with Crippen LogP contribution < -0.4 is 4.74 Å². The summed E-state index contributed by atoms with van der Waals surface area (Å²) >= 11 is 0. The van der Waals surface area contributed by atoms with Gasteiger partial charge in [-0.1, -0.05) is 0 Å². The molecule has 1 saturated carbocycles. The molecule has 1 fully saturated rings. The van der Waals surface area contributed by atoms with Crippen molar-refractivity contribution in [2.24, 2.45) is 5.92 Å². The second kappa shape index (κ2) is 12.7. The summed E-state index contributed by atoms with van der Waals surface area (Å²) in [7, 11) is 6.20. The van der Waals surface area contributed by atoms with E-state index in [1.165, 1.54) is 10.7 Å². The Bertz CT molecular complexity index is 1000. The molecule has 36 heavy (non-hydrogen) atoms. The van der Waals surface area contributed by atoms with Gasteiger partial charge in [0, 0.05) is 45.8 Å². The number of hydrogen-bond acceptors (Lipinski definition) is 7. The van der Waals surface area contributed by atoms with Crippen molar-refractivity contribution < 1.29 is 22.7 Å². The lowest BCUT2D eigenvalue weighted by atomic mass is 10.1. The quantitative estimate of drug-likeness (QED) is 0.385. The molecular weight excluding hydrogens is 480 g/mol. The van der Waals surface area contributed by atoms with Crippen LogP contribution in [0, 0.1) is 12.8 Å². The van der Waals surface area contributed by atoms with E-state index in [-0.39, 0.29) is 25.7 Å². The predicted octanol–water partition coefficient (Wildman–Crippen LogP) is 1.69. The fraction of sp³-hybridized carbons (Fsp3) is 0.731. The molecule has 0 bridgehead atoms. The van der Waals surface area contributed by atoms with Gasteiger partial charge in [0.15, 0.2) is 0 Å². The predicted molar refractivity (Wildman–Crippen MR) is 141 cm³/mol. The molecule has 0 radical (unpaired) electrons. The normalized spacial score (nSPS) is 21.7. The van der Waals surface area contributed by atoms with E-state index in [9.17, 15) is 13.2 Å². The molecule has 0 unspecified atom stereocenters. The van der Waals surface area contributed by atoms with Gasteiger partial charge in [0.2, 0.25) is 15.9 Å². The number of aryl methyl sites for hydroxylation is 1. The van der Waals surface area contributed by atoms with Crippen molar-refractivity contribution in [1.29, 1.82) is 0 Å². The number of carbonyl (C=O) groups is 1. The average molecular weight is 525 g/mol. The number of methoxy groups -OCH3 is 1. The van der Waals surface area contributed by atoms with Gasteiger partial charge in [-0.3, -0.25) is 4.79 Å². The largest absolute Gasteiger partial charge is 0.497 e. The minimum atomic E-state index is -3.60. The molecule has 1 aromatic rings. The molecule has 0 spiro atoms. The molecule has 9 nitrogen and oxygen atoms in total. The van der Waals surface area contributed by atoms with Gasteiger partial charge in [-0.15, -0.1) is 0 Å². The van der Waals surface area contributed by atoms with Gasteiger partial charge in [-0.05, 0) is 82.9 Å². The smallest absolute Gasteiger partial charge is 0.248 e. The summed E-state index contributed by atoms with van der Waals surface area (Å²) in [4.78, 5) is 19.4. The van der Waals surface area contributed by atoms with E-state index in [2.05, 4.69) is 30.9 Å². The number of rotatable bonds is 12. The summed E-state index contributed by atoms with van der Waals surface area (Å²) < 4.78 is 38.7. The maximum atomic E-state index is 13.2. The van der Waals surface area contributed by atoms with E-state index < -0.39 is 10.0 Å². The van der Waals surface area contributed by atoms with Crippen molar-refractivity contribution in [2.75, 3.05) is 81.2 Å². The van der Waals surface area contributed by atoms with E-state index in [0.717, 1.165) is 38.0 Å². The SMILES string of the molecule is COc1cc(C)c2c(c1)CCN(CCOCC(=O)N(C)C[C@H]1CC[C@H](N(C)CCN(C)C)C1)S2(=O)=O. The van der Waals surface area contributed by atoms with E-state index in [1.54, 1.807) is 31.1 Å². The Labute approximate surface area is 217 Å². The fourth-order valence-corrected chi connectivity index (χ4v) is 7.15. The van der Waals surface area contributed by atoms with E-state index >= 15 is 0 Å². The molecular formula is C26H44N4O5S. The van der Waals surface area contributed by atoms with Gasteiger partial charge >= 0.3 is 0 Å². The highest BCUT2D eigenvalue weighted by atomic mass is 32.2. The third-order valence-electron chi connectivity index (χ3n) is 7.49. The zero-order valence-electron chi connectivity index (χ0n) is 22.8. The molecule has 2 atom stereocenters. The van der Waals surface area contributed by atoms with Gasteiger partial charge in [0.05, 0.1) is 18.6 Å². The number of hydrogen-bond donors (Lipinski definition) is 0. The molecule has 0 saturated heterocycles. The summed E-state index contributed by atoms with van der Waals surface area (Å²) in [6.07, 6.45) is 4.05. The third-order valence-corrected chi connectivity index (χ3v) is 9.64. The first-order valence-corrected chi connectivity index (χ1v) is 14.3. The van der Waals surface area contributed by atoms with Gasteiger partial charge in [-0.2, -0.15) is 4.31 Å². The van der Waals surface area contributed by atoms with Crippen molar-refractivity contribution in [3.63, 3.8) is 0 Å². The van der Waals surface area contributed by atoms with Gasteiger partial charge in [-0.25, -0.2) is 8.42 Å². The van der Waals surface area contributed by atoms with Crippen molar-refractivity contribution in [3.05, 3.63) is 23.3 Å². The molecule has 1 amide bonds. The first-order valence-electron chi connectivity index (χ1n) is 12.9. The van der Waals surface area contributed by atoms with Crippen LogP contribution in [0.15, 0.2) is 17.0 Å². The number of ether oxygens (including phenoxy) is 2. The van der Waals surface area contributed by atoms with Gasteiger partial charge in [0.25, 0.3) is 0 Å². The van der Waals surface area contributed by atoms with Crippen LogP contribution in [0.2, 0.25) is 0 Å². The highest BCUT2D eigenvalue weighted by molar-refractivity contribution is 7.89. The molecule has 1 aromatic carbocycles. The van der Waals surface area contributed by atoms with Crippen LogP contribution in [0.5, 0.6) is 5.75 Å². The van der Waals surface area contributed by atoms with Crippen LogP contribution in [0.3, 0.4) is 0 Å². The molecule has 2 aliphatic rings. The van der Waals surface area contributed by atoms with Crippen LogP contribution in [0.25, 0.3) is 0 Å². The third kappa shape index (κ3) is 7.19. The Balaban J connectivity index is 1.41. The van der Waals surface area contributed by atoms with E-state index in [4.69, 9.17) is 9.47 Å². The Kier molecular flexibility index (Phi) is 10.2. The number of nitrogens with zero attached hydrogens (tertiary/aromatic N) is 4. The minimum Gasteiger partial charge on any atom is -0.497 e. The summed E-state index contributed by atoms with van der Waals surface area (Å²) in [6, 6.07) is 4.13. The Morgan fingerprint density at radius 2 is 1.89 bits per heavy atom. The summed E-state index contributed by atoms with van der Waals surface area (Å²) in [6.45, 7) is 5.41. The maximum absolute atomic E-state index is 13.2. The highest BCUT2D eigenvalue weighted by Gasteiger charge is 2.33. The minimum absolute atomic E-state index is 0.0317. The lowest BCUT2D eigenvalue weighted by molar-refractivity contribution is -0.135. The summed E-state index contributed by atoms with van der Waals surface area (Å²) in [5.74, 6) is 1.12. The van der Waals surface area contributed by atoms with Crippen LogP contribution in [-0.4, -0.2) is 121 Å². The van der Waals surface area contributed by atoms with E-state index in [0.29, 0.717) is 41.1 Å². The Morgan fingerprint density at radius 3 is 2.58 bits per heavy atom. The molecule has 1 aliphatic carbocycles. The van der Waals surface area contributed by atoms with Crippen LogP contribution in [0.4, 0.5) is 0 Å². The first kappa shape index (κ1) is 28.8. The number of benzene rings is 1. The Hall–Kier alpha value is -1.72. The topological polar surface area (TPSA) is 82.6 Å². The van der Waals surface area contributed by atoms with Crippen molar-refractivity contribution in [3.8, 4) is 5.75 Å². The maximum Gasteiger partial charge on any atom is 0.248 e. The number of likely N-dealkylation sites (N-methyl/N-ethyl adjacent to an activating group) is 3. The average Bonchev–Trinajstić information content (AvgIpc) is 3.29.